The lowest BCUT2D eigenvalue weighted by molar-refractivity contribution is -0.122. The summed E-state index contributed by atoms with van der Waals surface area (Å²) in [5.41, 5.74) is 1.86. The van der Waals surface area contributed by atoms with Crippen LogP contribution in [0.4, 0.5) is 0 Å². The number of β-amino-alcohol motifs (C(OH)–C–C–N with tert-alkyl or cyclic N) is 1. The average Bonchev–Trinajstić information content (AvgIpc) is 2.95. The van der Waals surface area contributed by atoms with Gasteiger partial charge in [-0.15, -0.1) is 0 Å². The van der Waals surface area contributed by atoms with Crippen LogP contribution >= 0.6 is 24.0 Å². The van der Waals surface area contributed by atoms with E-state index in [1.165, 1.54) is 16.7 Å². The van der Waals surface area contributed by atoms with Crippen LogP contribution in [0, 0.1) is 0 Å². The summed E-state index contributed by atoms with van der Waals surface area (Å²) >= 11 is 6.44. The van der Waals surface area contributed by atoms with Crippen molar-refractivity contribution in [2.75, 3.05) is 20.3 Å². The van der Waals surface area contributed by atoms with Crippen molar-refractivity contribution in [1.82, 2.24) is 4.90 Å². The van der Waals surface area contributed by atoms with Crippen molar-refractivity contribution < 1.29 is 19.4 Å². The molecule has 1 aliphatic heterocycles. The van der Waals surface area contributed by atoms with Crippen molar-refractivity contribution >= 4 is 40.3 Å². The van der Waals surface area contributed by atoms with Crippen molar-refractivity contribution in [3.63, 3.8) is 0 Å². The SMILES string of the molecule is COc1ccc(/C=C2\SC(=S)N(CCO)C2=O)cc1OCc1ccccc1. The van der Waals surface area contributed by atoms with Gasteiger partial charge < -0.3 is 14.6 Å². The maximum absolute atomic E-state index is 12.4. The average molecular weight is 402 g/mol. The van der Waals surface area contributed by atoms with Crippen molar-refractivity contribution in [2.45, 2.75) is 6.61 Å². The largest absolute Gasteiger partial charge is 0.493 e. The Morgan fingerprint density at radius 3 is 2.67 bits per heavy atom. The van der Waals surface area contributed by atoms with E-state index in [9.17, 15) is 4.79 Å². The van der Waals surface area contributed by atoms with Crippen LogP contribution in [0.25, 0.3) is 6.08 Å². The molecule has 0 aromatic heterocycles. The molecule has 1 saturated heterocycles. The molecular weight excluding hydrogens is 382 g/mol. The molecule has 0 spiro atoms. The van der Waals surface area contributed by atoms with Crippen molar-refractivity contribution in [1.29, 1.82) is 0 Å². The van der Waals surface area contributed by atoms with Crippen LogP contribution in [0.3, 0.4) is 0 Å². The van der Waals surface area contributed by atoms with Crippen LogP contribution in [-0.2, 0) is 11.4 Å². The van der Waals surface area contributed by atoms with Gasteiger partial charge >= 0.3 is 0 Å². The molecular formula is C20H19NO4S2. The quantitative estimate of drug-likeness (QED) is 0.566. The first-order chi connectivity index (χ1) is 13.1. The number of hydrogen-bond acceptors (Lipinski definition) is 6. The number of benzene rings is 2. The first kappa shape index (κ1) is 19.4. The molecule has 7 heteroatoms. The van der Waals surface area contributed by atoms with Gasteiger partial charge in [0, 0.05) is 0 Å². The summed E-state index contributed by atoms with van der Waals surface area (Å²) in [6.07, 6.45) is 1.77. The van der Waals surface area contributed by atoms with E-state index in [1.54, 1.807) is 19.3 Å². The first-order valence-electron chi connectivity index (χ1n) is 8.33. The molecule has 0 atom stereocenters. The topological polar surface area (TPSA) is 59.0 Å². The van der Waals surface area contributed by atoms with Gasteiger partial charge in [-0.3, -0.25) is 9.69 Å². The molecule has 27 heavy (non-hydrogen) atoms. The molecule has 140 valence electrons. The minimum atomic E-state index is -0.193. The van der Waals surface area contributed by atoms with Gasteiger partial charge in [0.1, 0.15) is 10.9 Å². The molecule has 5 nitrogen and oxygen atoms in total. The lowest BCUT2D eigenvalue weighted by Gasteiger charge is -2.12. The van der Waals surface area contributed by atoms with Gasteiger partial charge in [-0.25, -0.2) is 0 Å². The minimum absolute atomic E-state index is 0.125. The van der Waals surface area contributed by atoms with Crippen molar-refractivity contribution in [3.05, 3.63) is 64.6 Å². The van der Waals surface area contributed by atoms with Gasteiger partial charge in [-0.05, 0) is 29.3 Å². The number of carbonyl (C=O) groups is 1. The third kappa shape index (κ3) is 4.68. The number of thiocarbonyl (C=S) groups is 1. The highest BCUT2D eigenvalue weighted by molar-refractivity contribution is 8.26. The second-order valence-electron chi connectivity index (χ2n) is 5.74. The van der Waals surface area contributed by atoms with Gasteiger partial charge in [-0.1, -0.05) is 60.4 Å². The van der Waals surface area contributed by atoms with Gasteiger partial charge in [0.05, 0.1) is 25.2 Å². The summed E-state index contributed by atoms with van der Waals surface area (Å²) in [6, 6.07) is 15.3. The Labute approximate surface area is 167 Å². The van der Waals surface area contributed by atoms with Crippen LogP contribution in [0.15, 0.2) is 53.4 Å². The third-order valence-corrected chi connectivity index (χ3v) is 5.30. The van der Waals surface area contributed by atoms with Crippen LogP contribution < -0.4 is 9.47 Å². The van der Waals surface area contributed by atoms with Crippen LogP contribution in [0.1, 0.15) is 11.1 Å². The third-order valence-electron chi connectivity index (χ3n) is 3.92. The summed E-state index contributed by atoms with van der Waals surface area (Å²) in [7, 11) is 1.59. The van der Waals surface area contributed by atoms with E-state index in [2.05, 4.69) is 0 Å². The Morgan fingerprint density at radius 2 is 1.96 bits per heavy atom. The Hall–Kier alpha value is -2.35. The number of rotatable bonds is 7. The fourth-order valence-electron chi connectivity index (χ4n) is 2.58. The number of ether oxygens (including phenoxy) is 2. The van der Waals surface area contributed by atoms with Gasteiger partial charge in [-0.2, -0.15) is 0 Å². The molecule has 2 aromatic rings. The number of aliphatic hydroxyl groups excluding tert-OH is 1. The van der Waals surface area contributed by atoms with Crippen LogP contribution in [0.2, 0.25) is 0 Å². The zero-order valence-electron chi connectivity index (χ0n) is 14.8. The maximum atomic E-state index is 12.4. The molecule has 1 N–H and O–H groups in total. The van der Waals surface area contributed by atoms with Crippen molar-refractivity contribution in [2.24, 2.45) is 0 Å². The highest BCUT2D eigenvalue weighted by atomic mass is 32.2. The standard InChI is InChI=1S/C20H19NO4S2/c1-24-16-8-7-15(11-17(16)25-13-14-5-3-2-4-6-14)12-18-19(23)21(9-10-22)20(26)27-18/h2-8,11-12,22H,9-10,13H2,1H3/b18-12-. The minimum Gasteiger partial charge on any atom is -0.493 e. The normalized spacial score (nSPS) is 15.5. The van der Waals surface area contributed by atoms with E-state index >= 15 is 0 Å². The molecule has 0 bridgehead atoms. The number of methoxy groups -OCH3 is 1. The van der Waals surface area contributed by atoms with Gasteiger partial charge in [0.25, 0.3) is 5.91 Å². The maximum Gasteiger partial charge on any atom is 0.266 e. The summed E-state index contributed by atoms with van der Waals surface area (Å²) in [5, 5.41) is 9.07. The monoisotopic (exact) mass is 401 g/mol. The number of hydrogen-bond donors (Lipinski definition) is 1. The van der Waals surface area contributed by atoms with E-state index in [-0.39, 0.29) is 19.1 Å². The van der Waals surface area contributed by atoms with E-state index in [0.717, 1.165) is 11.1 Å². The molecule has 1 fully saturated rings. The molecule has 0 unspecified atom stereocenters. The fourth-order valence-corrected chi connectivity index (χ4v) is 3.88. The summed E-state index contributed by atoms with van der Waals surface area (Å²) in [4.78, 5) is 14.3. The molecule has 3 rings (SSSR count). The van der Waals surface area contributed by atoms with E-state index < -0.39 is 0 Å². The second kappa shape index (κ2) is 9.03. The number of amides is 1. The van der Waals surface area contributed by atoms with E-state index in [0.29, 0.717) is 27.3 Å². The summed E-state index contributed by atoms with van der Waals surface area (Å²) in [6.45, 7) is 0.495. The van der Waals surface area contributed by atoms with E-state index in [1.807, 2.05) is 42.5 Å². The molecule has 0 saturated carbocycles. The first-order valence-corrected chi connectivity index (χ1v) is 9.56. The summed E-state index contributed by atoms with van der Waals surface area (Å²) in [5.74, 6) is 1.03. The van der Waals surface area contributed by atoms with Crippen LogP contribution in [0.5, 0.6) is 11.5 Å². The molecule has 1 heterocycles. The van der Waals surface area contributed by atoms with E-state index in [4.69, 9.17) is 26.8 Å². The van der Waals surface area contributed by atoms with Crippen molar-refractivity contribution in [3.8, 4) is 11.5 Å². The Bertz CT molecular complexity index is 868. The zero-order chi connectivity index (χ0) is 19.2. The molecule has 0 radical (unpaired) electrons. The molecule has 1 aliphatic rings. The highest BCUT2D eigenvalue weighted by Crippen LogP contribution is 2.34. The lowest BCUT2D eigenvalue weighted by atomic mass is 10.1. The number of carbonyl (C=O) groups excluding carboxylic acids is 1. The molecule has 0 aliphatic carbocycles. The predicted octanol–water partition coefficient (Wildman–Crippen LogP) is 3.47. The Morgan fingerprint density at radius 1 is 1.19 bits per heavy atom. The van der Waals surface area contributed by atoms with Crippen LogP contribution in [-0.4, -0.2) is 40.5 Å². The van der Waals surface area contributed by atoms with Gasteiger partial charge in [0.15, 0.2) is 11.5 Å². The predicted molar refractivity (Wildman–Crippen MR) is 111 cm³/mol. The molecule has 2 aromatic carbocycles. The number of aliphatic hydroxyl groups is 1. The highest BCUT2D eigenvalue weighted by Gasteiger charge is 2.31. The fraction of sp³-hybridized carbons (Fsp3) is 0.200. The second-order valence-corrected chi connectivity index (χ2v) is 7.42. The zero-order valence-corrected chi connectivity index (χ0v) is 16.4. The Kier molecular flexibility index (Phi) is 6.49. The number of thioether (sulfide) groups is 1. The number of nitrogens with zero attached hydrogens (tertiary/aromatic N) is 1. The summed E-state index contributed by atoms with van der Waals surface area (Å²) < 4.78 is 11.7. The Balaban J connectivity index is 1.80. The van der Waals surface area contributed by atoms with Gasteiger partial charge in [0.2, 0.25) is 0 Å². The lowest BCUT2D eigenvalue weighted by Crippen LogP contribution is -2.30. The smallest absolute Gasteiger partial charge is 0.266 e. The molecule has 1 amide bonds.